The van der Waals surface area contributed by atoms with Gasteiger partial charge in [-0.3, -0.25) is 0 Å². The first-order valence-electron chi connectivity index (χ1n) is 9.10. The number of carbonyl (C=O) groups is 2. The third-order valence-corrected chi connectivity index (χ3v) is 4.16. The molecule has 0 spiro atoms. The van der Waals surface area contributed by atoms with Gasteiger partial charge in [-0.25, -0.2) is 9.59 Å². The van der Waals surface area contributed by atoms with E-state index in [4.69, 9.17) is 23.4 Å². The van der Waals surface area contributed by atoms with Gasteiger partial charge in [-0.2, -0.15) is 0 Å². The molecule has 0 amide bonds. The average Bonchev–Trinajstić information content (AvgIpc) is 3.06. The fraction of sp³-hybridized carbons (Fsp3) is 0.273. The van der Waals surface area contributed by atoms with Gasteiger partial charge in [0.1, 0.15) is 35.9 Å². The van der Waals surface area contributed by atoms with E-state index in [9.17, 15) is 9.59 Å². The molecule has 1 aromatic heterocycles. The van der Waals surface area contributed by atoms with Gasteiger partial charge in [0.2, 0.25) is 0 Å². The molecule has 3 rings (SSSR count). The zero-order valence-corrected chi connectivity index (χ0v) is 16.3. The van der Waals surface area contributed by atoms with Crippen LogP contribution in [0.1, 0.15) is 21.7 Å². The summed E-state index contributed by atoms with van der Waals surface area (Å²) in [5, 5.41) is 0.556. The number of fused-ring (bicyclic) bond motifs is 1. The number of ether oxygens (including phenoxy) is 4. The van der Waals surface area contributed by atoms with E-state index in [1.54, 1.807) is 25.1 Å². The summed E-state index contributed by atoms with van der Waals surface area (Å²) in [6.07, 6.45) is 0. The van der Waals surface area contributed by atoms with Gasteiger partial charge >= 0.3 is 11.9 Å². The van der Waals surface area contributed by atoms with Crippen molar-refractivity contribution >= 4 is 22.9 Å². The maximum atomic E-state index is 12.4. The minimum atomic E-state index is -0.502. The quantitative estimate of drug-likeness (QED) is 0.402. The largest absolute Gasteiger partial charge is 0.482 e. The van der Waals surface area contributed by atoms with Crippen LogP contribution in [-0.2, 0) is 25.6 Å². The summed E-state index contributed by atoms with van der Waals surface area (Å²) in [7, 11) is 1.53. The van der Waals surface area contributed by atoms with Crippen molar-refractivity contribution in [2.24, 2.45) is 0 Å². The molecule has 0 aliphatic rings. The number of hydrogen-bond donors (Lipinski definition) is 0. The van der Waals surface area contributed by atoms with E-state index in [2.05, 4.69) is 0 Å². The fourth-order valence-corrected chi connectivity index (χ4v) is 2.75. The van der Waals surface area contributed by atoms with E-state index in [0.29, 0.717) is 34.6 Å². The maximum absolute atomic E-state index is 12.4. The molecular weight excluding hydrogens is 376 g/mol. The molecular formula is C22H22O7. The molecule has 0 aliphatic carbocycles. The molecule has 0 aliphatic heterocycles. The van der Waals surface area contributed by atoms with E-state index in [0.717, 1.165) is 5.56 Å². The highest BCUT2D eigenvalue weighted by Crippen LogP contribution is 2.29. The maximum Gasteiger partial charge on any atom is 0.344 e. The molecule has 2 aromatic carbocycles. The van der Waals surface area contributed by atoms with Gasteiger partial charge in [0, 0.05) is 12.5 Å². The van der Waals surface area contributed by atoms with Crippen LogP contribution in [0.5, 0.6) is 5.75 Å². The lowest BCUT2D eigenvalue weighted by molar-refractivity contribution is -0.147. The minimum Gasteiger partial charge on any atom is -0.482 e. The number of aryl methyl sites for hydroxylation is 1. The lowest BCUT2D eigenvalue weighted by Gasteiger charge is -2.08. The van der Waals surface area contributed by atoms with Crippen LogP contribution >= 0.6 is 0 Å². The number of hydrogen-bond acceptors (Lipinski definition) is 7. The van der Waals surface area contributed by atoms with Crippen molar-refractivity contribution in [3.05, 3.63) is 65.4 Å². The molecule has 0 fully saturated rings. The number of rotatable bonds is 9. The zero-order valence-electron chi connectivity index (χ0n) is 16.3. The van der Waals surface area contributed by atoms with Crippen molar-refractivity contribution in [1.82, 2.24) is 0 Å². The van der Waals surface area contributed by atoms with Crippen molar-refractivity contribution in [2.75, 3.05) is 26.9 Å². The summed E-state index contributed by atoms with van der Waals surface area (Å²) < 4.78 is 26.4. The molecule has 0 saturated carbocycles. The Morgan fingerprint density at radius 1 is 1.00 bits per heavy atom. The Kier molecular flexibility index (Phi) is 6.86. The Morgan fingerprint density at radius 2 is 1.79 bits per heavy atom. The van der Waals surface area contributed by atoms with Crippen LogP contribution in [0.4, 0.5) is 0 Å². The molecule has 29 heavy (non-hydrogen) atoms. The SMILES string of the molecule is COCCOC(=O)c1c(C)oc2ccc(OCC(=O)OCc3ccccc3)cc12. The Hall–Kier alpha value is -3.32. The van der Waals surface area contributed by atoms with Gasteiger partial charge in [-0.05, 0) is 30.7 Å². The first-order valence-corrected chi connectivity index (χ1v) is 9.10. The molecule has 0 unspecified atom stereocenters. The number of furan rings is 1. The van der Waals surface area contributed by atoms with Gasteiger partial charge in [0.25, 0.3) is 0 Å². The Morgan fingerprint density at radius 3 is 2.55 bits per heavy atom. The van der Waals surface area contributed by atoms with Crippen LogP contribution < -0.4 is 4.74 Å². The second kappa shape index (κ2) is 9.75. The van der Waals surface area contributed by atoms with Crippen LogP contribution in [0.15, 0.2) is 52.9 Å². The first kappa shape index (κ1) is 20.4. The molecule has 152 valence electrons. The highest BCUT2D eigenvalue weighted by molar-refractivity contribution is 6.04. The van der Waals surface area contributed by atoms with Crippen LogP contribution in [0, 0.1) is 6.92 Å². The summed E-state index contributed by atoms with van der Waals surface area (Å²) in [5.74, 6) is -0.128. The molecule has 0 bridgehead atoms. The van der Waals surface area contributed by atoms with E-state index in [-0.39, 0.29) is 19.8 Å². The third-order valence-electron chi connectivity index (χ3n) is 4.16. The molecule has 7 nitrogen and oxygen atoms in total. The monoisotopic (exact) mass is 398 g/mol. The summed E-state index contributed by atoms with van der Waals surface area (Å²) >= 11 is 0. The third kappa shape index (κ3) is 5.36. The number of methoxy groups -OCH3 is 1. The summed E-state index contributed by atoms with van der Waals surface area (Å²) in [6, 6.07) is 14.4. The summed E-state index contributed by atoms with van der Waals surface area (Å²) in [6.45, 7) is 2.07. The number of carbonyl (C=O) groups excluding carboxylic acids is 2. The normalized spacial score (nSPS) is 10.7. The van der Waals surface area contributed by atoms with Crippen molar-refractivity contribution in [3.63, 3.8) is 0 Å². The van der Waals surface area contributed by atoms with E-state index >= 15 is 0 Å². The molecule has 0 N–H and O–H groups in total. The molecule has 1 heterocycles. The Labute approximate surface area is 168 Å². The predicted octanol–water partition coefficient (Wildman–Crippen LogP) is 3.67. The van der Waals surface area contributed by atoms with Crippen molar-refractivity contribution < 1.29 is 33.0 Å². The topological polar surface area (TPSA) is 84.2 Å². The minimum absolute atomic E-state index is 0.144. The molecule has 7 heteroatoms. The molecule has 0 radical (unpaired) electrons. The van der Waals surface area contributed by atoms with Gasteiger partial charge in [-0.15, -0.1) is 0 Å². The van der Waals surface area contributed by atoms with Crippen molar-refractivity contribution in [1.29, 1.82) is 0 Å². The van der Waals surface area contributed by atoms with E-state index in [1.165, 1.54) is 7.11 Å². The van der Waals surface area contributed by atoms with Gasteiger partial charge in [-0.1, -0.05) is 30.3 Å². The smallest absolute Gasteiger partial charge is 0.344 e. The van der Waals surface area contributed by atoms with Crippen LogP contribution in [0.2, 0.25) is 0 Å². The van der Waals surface area contributed by atoms with Gasteiger partial charge in [0.15, 0.2) is 6.61 Å². The van der Waals surface area contributed by atoms with E-state index < -0.39 is 11.9 Å². The van der Waals surface area contributed by atoms with Crippen LogP contribution in [0.3, 0.4) is 0 Å². The lowest BCUT2D eigenvalue weighted by Crippen LogP contribution is -2.14. The predicted molar refractivity (Wildman–Crippen MR) is 105 cm³/mol. The number of benzene rings is 2. The average molecular weight is 398 g/mol. The van der Waals surface area contributed by atoms with Crippen LogP contribution in [0.25, 0.3) is 11.0 Å². The Bertz CT molecular complexity index is 975. The van der Waals surface area contributed by atoms with Gasteiger partial charge < -0.3 is 23.4 Å². The Balaban J connectivity index is 1.63. The zero-order chi connectivity index (χ0) is 20.6. The van der Waals surface area contributed by atoms with Crippen molar-refractivity contribution in [2.45, 2.75) is 13.5 Å². The first-order chi connectivity index (χ1) is 14.1. The lowest BCUT2D eigenvalue weighted by atomic mass is 10.1. The number of esters is 2. The second-order valence-electron chi connectivity index (χ2n) is 6.25. The fourth-order valence-electron chi connectivity index (χ4n) is 2.75. The highest BCUT2D eigenvalue weighted by atomic mass is 16.6. The standard InChI is InChI=1S/C22H22O7/c1-15-21(22(24)26-11-10-25-2)18-12-17(8-9-19(18)29-15)27-14-20(23)28-13-16-6-4-3-5-7-16/h3-9,12H,10-11,13-14H2,1-2H3. The molecule has 0 saturated heterocycles. The molecule has 0 atom stereocenters. The highest BCUT2D eigenvalue weighted by Gasteiger charge is 2.20. The summed E-state index contributed by atoms with van der Waals surface area (Å²) in [4.78, 5) is 24.3. The molecule has 3 aromatic rings. The summed E-state index contributed by atoms with van der Waals surface area (Å²) in [5.41, 5.74) is 1.75. The second-order valence-corrected chi connectivity index (χ2v) is 6.25. The van der Waals surface area contributed by atoms with Crippen LogP contribution in [-0.4, -0.2) is 38.9 Å². The van der Waals surface area contributed by atoms with E-state index in [1.807, 2.05) is 30.3 Å². The van der Waals surface area contributed by atoms with Gasteiger partial charge in [0.05, 0.1) is 6.61 Å². The van der Waals surface area contributed by atoms with Crippen molar-refractivity contribution in [3.8, 4) is 5.75 Å².